The fourth-order valence-corrected chi connectivity index (χ4v) is 2.34. The number of carbonyl (C=O) groups is 1. The van der Waals surface area contributed by atoms with E-state index < -0.39 is 11.7 Å². The predicted octanol–water partition coefficient (Wildman–Crippen LogP) is 2.39. The van der Waals surface area contributed by atoms with Crippen molar-refractivity contribution in [1.29, 1.82) is 0 Å². The van der Waals surface area contributed by atoms with E-state index in [1.807, 2.05) is 0 Å². The lowest BCUT2D eigenvalue weighted by molar-refractivity contribution is 0.1000. The first-order valence-electron chi connectivity index (χ1n) is 6.93. The van der Waals surface area contributed by atoms with Gasteiger partial charge in [0.1, 0.15) is 6.33 Å². The first-order valence-corrected chi connectivity index (χ1v) is 6.93. The van der Waals surface area contributed by atoms with Gasteiger partial charge in [-0.15, -0.1) is 0 Å². The number of nitrogens with two attached hydrogens (primary N) is 1. The smallest absolute Gasteiger partial charge is 0.248 e. The Morgan fingerprint density at radius 1 is 1.17 bits per heavy atom. The van der Waals surface area contributed by atoms with Crippen LogP contribution in [0.4, 0.5) is 4.39 Å². The maximum absolute atomic E-state index is 14.1. The molecule has 24 heavy (non-hydrogen) atoms. The number of halogens is 1. The lowest BCUT2D eigenvalue weighted by Crippen LogP contribution is -2.11. The third-order valence-corrected chi connectivity index (χ3v) is 3.52. The molecule has 1 amide bonds. The maximum atomic E-state index is 14.1. The Labute approximate surface area is 134 Å². The molecule has 4 rings (SSSR count). The Morgan fingerprint density at radius 2 is 1.96 bits per heavy atom. The molecule has 8 heteroatoms. The van der Waals surface area contributed by atoms with Crippen molar-refractivity contribution in [1.82, 2.24) is 9.97 Å². The van der Waals surface area contributed by atoms with E-state index >= 15 is 0 Å². The van der Waals surface area contributed by atoms with Gasteiger partial charge in [0.05, 0.1) is 10.9 Å². The van der Waals surface area contributed by atoms with Crippen LogP contribution in [0.25, 0.3) is 10.9 Å². The molecule has 0 spiro atoms. The third-order valence-electron chi connectivity index (χ3n) is 3.52. The Hall–Kier alpha value is -3.42. The van der Waals surface area contributed by atoms with E-state index in [2.05, 4.69) is 9.97 Å². The molecule has 2 heterocycles. The molecule has 7 nitrogen and oxygen atoms in total. The molecule has 0 unspecified atom stereocenters. The summed E-state index contributed by atoms with van der Waals surface area (Å²) >= 11 is 0. The predicted molar refractivity (Wildman–Crippen MR) is 80.7 cm³/mol. The highest BCUT2D eigenvalue weighted by Crippen LogP contribution is 2.38. The Bertz CT molecular complexity index is 977. The number of fused-ring (bicyclic) bond motifs is 2. The first kappa shape index (κ1) is 14.2. The molecule has 0 saturated heterocycles. The van der Waals surface area contributed by atoms with Crippen LogP contribution in [0.3, 0.4) is 0 Å². The maximum Gasteiger partial charge on any atom is 0.248 e. The van der Waals surface area contributed by atoms with Crippen molar-refractivity contribution in [3.8, 4) is 23.1 Å². The molecule has 1 aliphatic rings. The topological polar surface area (TPSA) is 96.6 Å². The summed E-state index contributed by atoms with van der Waals surface area (Å²) in [5.41, 5.74) is 5.74. The highest BCUT2D eigenvalue weighted by Gasteiger charge is 2.18. The van der Waals surface area contributed by atoms with E-state index in [1.54, 1.807) is 12.1 Å². The quantitative estimate of drug-likeness (QED) is 0.793. The zero-order valence-electron chi connectivity index (χ0n) is 12.2. The summed E-state index contributed by atoms with van der Waals surface area (Å²) in [5.74, 6) is -0.267. The third kappa shape index (κ3) is 2.34. The first-order chi connectivity index (χ1) is 11.6. The van der Waals surface area contributed by atoms with Crippen molar-refractivity contribution in [2.45, 2.75) is 0 Å². The van der Waals surface area contributed by atoms with Gasteiger partial charge in [-0.1, -0.05) is 0 Å². The van der Waals surface area contributed by atoms with Crippen LogP contribution in [0.5, 0.6) is 23.1 Å². The van der Waals surface area contributed by atoms with E-state index in [4.69, 9.17) is 19.9 Å². The van der Waals surface area contributed by atoms with E-state index in [9.17, 15) is 9.18 Å². The Kier molecular flexibility index (Phi) is 3.16. The van der Waals surface area contributed by atoms with Crippen molar-refractivity contribution in [3.63, 3.8) is 0 Å². The van der Waals surface area contributed by atoms with Crippen LogP contribution in [0, 0.1) is 5.82 Å². The van der Waals surface area contributed by atoms with Gasteiger partial charge in [-0.05, 0) is 24.3 Å². The molecule has 2 aromatic carbocycles. The average Bonchev–Trinajstić information content (AvgIpc) is 3.02. The van der Waals surface area contributed by atoms with Gasteiger partial charge >= 0.3 is 0 Å². The van der Waals surface area contributed by atoms with Crippen LogP contribution in [-0.4, -0.2) is 22.7 Å². The number of nitrogens with zero attached hydrogens (tertiary/aromatic N) is 2. The molecule has 0 fully saturated rings. The summed E-state index contributed by atoms with van der Waals surface area (Å²) in [7, 11) is 0. The van der Waals surface area contributed by atoms with Crippen LogP contribution < -0.4 is 19.9 Å². The lowest BCUT2D eigenvalue weighted by atomic mass is 10.2. The van der Waals surface area contributed by atoms with Crippen LogP contribution in [0.2, 0.25) is 0 Å². The lowest BCUT2D eigenvalue weighted by Gasteiger charge is -2.09. The second kappa shape index (κ2) is 5.34. The monoisotopic (exact) mass is 327 g/mol. The molecule has 1 aromatic heterocycles. The number of amides is 1. The minimum atomic E-state index is -0.723. The van der Waals surface area contributed by atoms with Gasteiger partial charge in [0.2, 0.25) is 18.6 Å². The molecule has 120 valence electrons. The summed E-state index contributed by atoms with van der Waals surface area (Å²) in [4.78, 5) is 19.3. The van der Waals surface area contributed by atoms with Crippen LogP contribution in [-0.2, 0) is 0 Å². The second-order valence-electron chi connectivity index (χ2n) is 5.01. The fourth-order valence-electron chi connectivity index (χ4n) is 2.34. The largest absolute Gasteiger partial charge is 0.454 e. The average molecular weight is 327 g/mol. The Morgan fingerprint density at radius 3 is 2.71 bits per heavy atom. The van der Waals surface area contributed by atoms with Gasteiger partial charge in [-0.2, -0.15) is 0 Å². The van der Waals surface area contributed by atoms with Crippen molar-refractivity contribution in [3.05, 3.63) is 48.0 Å². The number of hydrogen-bond acceptors (Lipinski definition) is 6. The number of benzene rings is 2. The number of aromatic nitrogens is 2. The number of carbonyl (C=O) groups excluding carboxylic acids is 1. The summed E-state index contributed by atoms with van der Waals surface area (Å²) in [6.45, 7) is 0.123. The van der Waals surface area contributed by atoms with Crippen molar-refractivity contribution in [2.75, 3.05) is 6.79 Å². The van der Waals surface area contributed by atoms with Gasteiger partial charge in [-0.3, -0.25) is 4.79 Å². The Balaban J connectivity index is 1.76. The van der Waals surface area contributed by atoms with Crippen LogP contribution >= 0.6 is 0 Å². The SMILES string of the molecule is NC(=O)c1ccc(Oc2ncnc3cc4c(cc23)OCO4)c(F)c1. The van der Waals surface area contributed by atoms with E-state index in [0.29, 0.717) is 22.4 Å². The molecule has 0 radical (unpaired) electrons. The zero-order valence-corrected chi connectivity index (χ0v) is 12.2. The van der Waals surface area contributed by atoms with Gasteiger partial charge < -0.3 is 19.9 Å². The minimum absolute atomic E-state index is 0.0516. The molecule has 0 aliphatic carbocycles. The molecule has 1 aliphatic heterocycles. The van der Waals surface area contributed by atoms with Gasteiger partial charge in [0.25, 0.3) is 0 Å². The normalized spacial score (nSPS) is 12.4. The summed E-state index contributed by atoms with van der Waals surface area (Å²) < 4.78 is 30.2. The van der Waals surface area contributed by atoms with Crippen molar-refractivity contribution < 1.29 is 23.4 Å². The van der Waals surface area contributed by atoms with Gasteiger partial charge in [0, 0.05) is 11.6 Å². The molecular weight excluding hydrogens is 317 g/mol. The number of ether oxygens (including phenoxy) is 3. The molecule has 0 atom stereocenters. The summed E-state index contributed by atoms with van der Waals surface area (Å²) in [6.07, 6.45) is 1.30. The summed E-state index contributed by atoms with van der Waals surface area (Å²) in [5, 5.41) is 0.542. The highest BCUT2D eigenvalue weighted by atomic mass is 19.1. The molecule has 3 aromatic rings. The van der Waals surface area contributed by atoms with E-state index in [0.717, 1.165) is 6.07 Å². The standard InChI is InChI=1S/C16H10FN3O4/c17-10-3-8(15(18)21)1-2-12(10)24-16-9-4-13-14(23-7-22-13)5-11(9)19-6-20-16/h1-6H,7H2,(H2,18,21). The molecule has 0 bridgehead atoms. The molecule has 2 N–H and O–H groups in total. The number of hydrogen-bond donors (Lipinski definition) is 1. The highest BCUT2D eigenvalue weighted by molar-refractivity contribution is 5.93. The number of rotatable bonds is 3. The van der Waals surface area contributed by atoms with Crippen LogP contribution in [0.1, 0.15) is 10.4 Å². The van der Waals surface area contributed by atoms with Gasteiger partial charge in [0.15, 0.2) is 23.1 Å². The zero-order chi connectivity index (χ0) is 16.7. The van der Waals surface area contributed by atoms with E-state index in [1.165, 1.54) is 18.5 Å². The summed E-state index contributed by atoms with van der Waals surface area (Å²) in [6, 6.07) is 7.06. The van der Waals surface area contributed by atoms with Crippen LogP contribution in [0.15, 0.2) is 36.7 Å². The number of primary amides is 1. The van der Waals surface area contributed by atoms with Gasteiger partial charge in [-0.25, -0.2) is 14.4 Å². The second-order valence-corrected chi connectivity index (χ2v) is 5.01. The van der Waals surface area contributed by atoms with Crippen molar-refractivity contribution >= 4 is 16.8 Å². The fraction of sp³-hybridized carbons (Fsp3) is 0.0625. The van der Waals surface area contributed by atoms with Crippen molar-refractivity contribution in [2.24, 2.45) is 5.73 Å². The molecular formula is C16H10FN3O4. The minimum Gasteiger partial charge on any atom is -0.454 e. The molecule has 0 saturated carbocycles. The van der Waals surface area contributed by atoms with E-state index in [-0.39, 0.29) is 24.0 Å².